The number of hydrogen-bond acceptors (Lipinski definition) is 6. The Labute approximate surface area is 174 Å². The van der Waals surface area contributed by atoms with Crippen molar-refractivity contribution in [2.75, 3.05) is 39.4 Å². The summed E-state index contributed by atoms with van der Waals surface area (Å²) in [6.45, 7) is 1.73. The first-order valence-corrected chi connectivity index (χ1v) is 8.98. The summed E-state index contributed by atoms with van der Waals surface area (Å²) in [5.74, 6) is 2.40. The number of fused-ring (bicyclic) bond motifs is 1. The third-order valence-electron chi connectivity index (χ3n) is 3.73. The fraction of sp³-hybridized carbons (Fsp3) is 0.412. The average Bonchev–Trinajstić information content (AvgIpc) is 3.26. The normalized spacial score (nSPS) is 12.5. The highest BCUT2D eigenvalue weighted by molar-refractivity contribution is 14.0. The second-order valence-electron chi connectivity index (χ2n) is 5.81. The van der Waals surface area contributed by atoms with Gasteiger partial charge in [0, 0.05) is 33.1 Å². The van der Waals surface area contributed by atoms with E-state index in [-0.39, 0.29) is 24.0 Å². The van der Waals surface area contributed by atoms with Crippen LogP contribution in [0.1, 0.15) is 11.3 Å². The highest BCUT2D eigenvalue weighted by Crippen LogP contribution is 2.32. The van der Waals surface area contributed by atoms with Gasteiger partial charge in [0.2, 0.25) is 6.79 Å². The molecule has 0 amide bonds. The van der Waals surface area contributed by atoms with Gasteiger partial charge in [0.25, 0.3) is 0 Å². The minimum atomic E-state index is 0. The summed E-state index contributed by atoms with van der Waals surface area (Å²) in [4.78, 5) is 10.8. The number of rotatable bonds is 6. The molecule has 26 heavy (non-hydrogen) atoms. The predicted octanol–water partition coefficient (Wildman–Crippen LogP) is 2.46. The summed E-state index contributed by atoms with van der Waals surface area (Å²) in [5.41, 5.74) is 2.20. The summed E-state index contributed by atoms with van der Waals surface area (Å²) in [5, 5.41) is 9.66. The molecule has 2 aromatic rings. The van der Waals surface area contributed by atoms with Crippen molar-refractivity contribution in [2.24, 2.45) is 4.99 Å². The number of ether oxygens (including phenoxy) is 2. The van der Waals surface area contributed by atoms with Crippen LogP contribution in [0.5, 0.6) is 11.5 Å². The Bertz CT molecular complexity index is 751. The zero-order chi connectivity index (χ0) is 17.6. The highest BCUT2D eigenvalue weighted by atomic mass is 127. The van der Waals surface area contributed by atoms with E-state index >= 15 is 0 Å². The molecule has 0 radical (unpaired) electrons. The van der Waals surface area contributed by atoms with Crippen LogP contribution in [0.25, 0.3) is 0 Å². The minimum absolute atomic E-state index is 0. The van der Waals surface area contributed by atoms with Crippen LogP contribution in [-0.2, 0) is 13.0 Å². The predicted molar refractivity (Wildman–Crippen MR) is 116 cm³/mol. The molecule has 0 aliphatic carbocycles. The lowest BCUT2D eigenvalue weighted by Gasteiger charge is -2.11. The molecular formula is C17H24IN5O2S. The number of thiazole rings is 1. The Balaban J connectivity index is 0.00000243. The van der Waals surface area contributed by atoms with Gasteiger partial charge in [0.1, 0.15) is 0 Å². The van der Waals surface area contributed by atoms with Gasteiger partial charge in [-0.2, -0.15) is 0 Å². The standard InChI is InChI=1S/C17H23N5O2S.HI/c1-18-16(20-9-13-10-25-17(21-13)22(2)3)19-7-6-12-4-5-14-15(8-12)24-11-23-14;/h4-5,8,10H,6-7,9,11H2,1-3H3,(H2,18,19,20);1H. The van der Waals surface area contributed by atoms with Crippen LogP contribution in [0, 0.1) is 0 Å². The summed E-state index contributed by atoms with van der Waals surface area (Å²) in [7, 11) is 5.75. The molecule has 9 heteroatoms. The number of aliphatic imine (C=N–C) groups is 1. The maximum atomic E-state index is 5.41. The van der Waals surface area contributed by atoms with Crippen molar-refractivity contribution in [2.45, 2.75) is 13.0 Å². The van der Waals surface area contributed by atoms with E-state index < -0.39 is 0 Å². The summed E-state index contributed by atoms with van der Waals surface area (Å²) >= 11 is 1.63. The second kappa shape index (κ2) is 9.81. The molecule has 0 fully saturated rings. The molecule has 0 spiro atoms. The number of aromatic nitrogens is 1. The van der Waals surface area contributed by atoms with Crippen LogP contribution >= 0.6 is 35.3 Å². The van der Waals surface area contributed by atoms with Crippen molar-refractivity contribution in [3.63, 3.8) is 0 Å². The summed E-state index contributed by atoms with van der Waals surface area (Å²) < 4.78 is 10.7. The lowest BCUT2D eigenvalue weighted by Crippen LogP contribution is -2.37. The molecular weight excluding hydrogens is 465 g/mol. The van der Waals surface area contributed by atoms with Gasteiger partial charge in [-0.25, -0.2) is 4.98 Å². The molecule has 1 aliphatic heterocycles. The van der Waals surface area contributed by atoms with Crippen molar-refractivity contribution >= 4 is 46.4 Å². The molecule has 0 bridgehead atoms. The van der Waals surface area contributed by atoms with Gasteiger partial charge in [0.05, 0.1) is 12.2 Å². The Morgan fingerprint density at radius 3 is 2.81 bits per heavy atom. The van der Waals surface area contributed by atoms with Crippen molar-refractivity contribution < 1.29 is 9.47 Å². The van der Waals surface area contributed by atoms with E-state index in [0.717, 1.165) is 41.2 Å². The average molecular weight is 489 g/mol. The van der Waals surface area contributed by atoms with E-state index in [2.05, 4.69) is 32.1 Å². The first-order valence-electron chi connectivity index (χ1n) is 8.10. The lowest BCUT2D eigenvalue weighted by atomic mass is 10.1. The fourth-order valence-electron chi connectivity index (χ4n) is 2.40. The second-order valence-corrected chi connectivity index (χ2v) is 6.64. The van der Waals surface area contributed by atoms with Gasteiger partial charge in [-0.1, -0.05) is 6.07 Å². The van der Waals surface area contributed by atoms with Gasteiger partial charge in [0.15, 0.2) is 22.6 Å². The van der Waals surface area contributed by atoms with E-state index in [1.54, 1.807) is 18.4 Å². The molecule has 0 saturated heterocycles. The van der Waals surface area contributed by atoms with Gasteiger partial charge in [-0.15, -0.1) is 35.3 Å². The van der Waals surface area contributed by atoms with Crippen LogP contribution in [-0.4, -0.2) is 45.4 Å². The molecule has 3 rings (SSSR count). The SMILES string of the molecule is CN=C(NCCc1ccc2c(c1)OCO2)NCc1csc(N(C)C)n1.I. The van der Waals surface area contributed by atoms with Crippen molar-refractivity contribution in [1.82, 2.24) is 15.6 Å². The number of halogens is 1. The molecule has 1 aromatic carbocycles. The maximum absolute atomic E-state index is 5.41. The van der Waals surface area contributed by atoms with Crippen LogP contribution in [0.4, 0.5) is 5.13 Å². The van der Waals surface area contributed by atoms with Crippen LogP contribution in [0.15, 0.2) is 28.6 Å². The zero-order valence-electron chi connectivity index (χ0n) is 15.1. The molecule has 7 nitrogen and oxygen atoms in total. The lowest BCUT2D eigenvalue weighted by molar-refractivity contribution is 0.174. The summed E-state index contributed by atoms with van der Waals surface area (Å²) in [6.07, 6.45) is 0.874. The molecule has 0 unspecified atom stereocenters. The maximum Gasteiger partial charge on any atom is 0.231 e. The zero-order valence-corrected chi connectivity index (χ0v) is 18.3. The van der Waals surface area contributed by atoms with E-state index in [0.29, 0.717) is 13.3 Å². The fourth-order valence-corrected chi connectivity index (χ4v) is 3.16. The number of nitrogens with one attached hydrogen (secondary N) is 2. The van der Waals surface area contributed by atoms with Crippen LogP contribution < -0.4 is 25.0 Å². The number of guanidine groups is 1. The van der Waals surface area contributed by atoms with Crippen LogP contribution in [0.2, 0.25) is 0 Å². The number of benzene rings is 1. The third kappa shape index (κ3) is 5.37. The molecule has 142 valence electrons. The summed E-state index contributed by atoms with van der Waals surface area (Å²) in [6, 6.07) is 6.04. The topological polar surface area (TPSA) is 71.0 Å². The Hall–Kier alpha value is -1.75. The first kappa shape index (κ1) is 20.6. The molecule has 1 aromatic heterocycles. The minimum Gasteiger partial charge on any atom is -0.454 e. The van der Waals surface area contributed by atoms with Crippen molar-refractivity contribution in [1.29, 1.82) is 0 Å². The molecule has 1 aliphatic rings. The largest absolute Gasteiger partial charge is 0.454 e. The van der Waals surface area contributed by atoms with Crippen molar-refractivity contribution in [3.8, 4) is 11.5 Å². The number of anilines is 1. The smallest absolute Gasteiger partial charge is 0.231 e. The van der Waals surface area contributed by atoms with Gasteiger partial charge >= 0.3 is 0 Å². The van der Waals surface area contributed by atoms with Gasteiger partial charge in [-0.3, -0.25) is 4.99 Å². The van der Waals surface area contributed by atoms with Gasteiger partial charge in [-0.05, 0) is 24.1 Å². The molecule has 2 N–H and O–H groups in total. The van der Waals surface area contributed by atoms with Crippen molar-refractivity contribution in [3.05, 3.63) is 34.8 Å². The van der Waals surface area contributed by atoms with E-state index in [4.69, 9.17) is 9.47 Å². The van der Waals surface area contributed by atoms with E-state index in [1.807, 2.05) is 31.1 Å². The quantitative estimate of drug-likeness (QED) is 0.369. The number of nitrogens with zero attached hydrogens (tertiary/aromatic N) is 3. The Morgan fingerprint density at radius 2 is 2.08 bits per heavy atom. The van der Waals surface area contributed by atoms with E-state index in [9.17, 15) is 0 Å². The molecule has 0 saturated carbocycles. The third-order valence-corrected chi connectivity index (χ3v) is 4.78. The highest BCUT2D eigenvalue weighted by Gasteiger charge is 2.13. The van der Waals surface area contributed by atoms with E-state index in [1.165, 1.54) is 5.56 Å². The van der Waals surface area contributed by atoms with Gasteiger partial charge < -0.3 is 25.0 Å². The number of hydrogen-bond donors (Lipinski definition) is 2. The molecule has 0 atom stereocenters. The Kier molecular flexibility index (Phi) is 7.76. The first-order chi connectivity index (χ1) is 12.2. The van der Waals surface area contributed by atoms with Crippen LogP contribution in [0.3, 0.4) is 0 Å². The monoisotopic (exact) mass is 489 g/mol. The Morgan fingerprint density at radius 1 is 1.27 bits per heavy atom. The molecule has 2 heterocycles.